The molecule has 1 rings (SSSR count). The molecule has 15 heavy (non-hydrogen) atoms. The van der Waals surface area contributed by atoms with Gasteiger partial charge in [0.1, 0.15) is 5.82 Å². The highest BCUT2D eigenvalue weighted by molar-refractivity contribution is 5.34. The second-order valence-electron chi connectivity index (χ2n) is 3.72. The summed E-state index contributed by atoms with van der Waals surface area (Å²) in [5.74, 6) is 5.19. The normalized spacial score (nSPS) is 12.5. The van der Waals surface area contributed by atoms with Crippen LogP contribution in [0.4, 0.5) is 4.39 Å². The molecule has 2 nitrogen and oxygen atoms in total. The molecule has 1 unspecified atom stereocenters. The summed E-state index contributed by atoms with van der Waals surface area (Å²) in [4.78, 5) is 0. The van der Waals surface area contributed by atoms with Crippen LogP contribution in [0, 0.1) is 19.7 Å². The molecule has 0 saturated heterocycles. The summed E-state index contributed by atoms with van der Waals surface area (Å²) in [5.41, 5.74) is 5.07. The number of nitrogens with one attached hydrogen (secondary N) is 1. The van der Waals surface area contributed by atoms with E-state index in [2.05, 4.69) is 12.0 Å². The number of nitrogens with two attached hydrogens (primary N) is 1. The number of hydrazine groups is 1. The Morgan fingerprint density at radius 2 is 2.20 bits per heavy atom. The summed E-state index contributed by atoms with van der Waals surface area (Å²) >= 11 is 0. The fraction of sp³-hybridized carbons (Fsp3) is 0.333. The second-order valence-corrected chi connectivity index (χ2v) is 3.72. The van der Waals surface area contributed by atoms with Crippen LogP contribution in [0.3, 0.4) is 0 Å². The molecule has 0 aliphatic carbocycles. The predicted octanol–water partition coefficient (Wildman–Crippen LogP) is 2.52. The van der Waals surface area contributed by atoms with Crippen LogP contribution in [-0.2, 0) is 0 Å². The lowest BCUT2D eigenvalue weighted by Gasteiger charge is -2.18. The quantitative estimate of drug-likeness (QED) is 0.453. The number of hydrogen-bond donors (Lipinski definition) is 2. The summed E-state index contributed by atoms with van der Waals surface area (Å²) in [6.07, 6.45) is 2.33. The number of aryl methyl sites for hydroxylation is 2. The standard InChI is InChI=1S/C12H17FN2/c1-4-5-11(15-14)12-9(3)6-8(2)7-10(12)13/h4,6-7,11,15H,1,5,14H2,2-3H3. The number of benzene rings is 1. The van der Waals surface area contributed by atoms with E-state index in [1.54, 1.807) is 6.08 Å². The average Bonchev–Trinajstić information content (AvgIpc) is 2.14. The zero-order valence-corrected chi connectivity index (χ0v) is 9.18. The van der Waals surface area contributed by atoms with Crippen LogP contribution < -0.4 is 11.3 Å². The summed E-state index contributed by atoms with van der Waals surface area (Å²) < 4.78 is 13.7. The van der Waals surface area contributed by atoms with Crippen LogP contribution in [0.2, 0.25) is 0 Å². The first-order valence-electron chi connectivity index (χ1n) is 4.93. The third kappa shape index (κ3) is 2.64. The Labute approximate surface area is 90.0 Å². The first-order valence-corrected chi connectivity index (χ1v) is 4.93. The molecule has 3 N–H and O–H groups in total. The van der Waals surface area contributed by atoms with Gasteiger partial charge >= 0.3 is 0 Å². The zero-order valence-electron chi connectivity index (χ0n) is 9.18. The molecule has 0 saturated carbocycles. The molecular weight excluding hydrogens is 191 g/mol. The minimum atomic E-state index is -0.211. The van der Waals surface area contributed by atoms with Crippen molar-refractivity contribution in [2.75, 3.05) is 0 Å². The molecule has 0 aliphatic heterocycles. The van der Waals surface area contributed by atoms with E-state index in [1.165, 1.54) is 6.07 Å². The molecule has 1 aromatic rings. The van der Waals surface area contributed by atoms with Crippen molar-refractivity contribution in [3.8, 4) is 0 Å². The summed E-state index contributed by atoms with van der Waals surface area (Å²) in [6.45, 7) is 7.39. The molecule has 82 valence electrons. The van der Waals surface area contributed by atoms with E-state index in [9.17, 15) is 4.39 Å². The van der Waals surface area contributed by atoms with Crippen LogP contribution in [-0.4, -0.2) is 0 Å². The molecule has 0 bridgehead atoms. The number of hydrogen-bond acceptors (Lipinski definition) is 2. The third-order valence-corrected chi connectivity index (χ3v) is 2.43. The monoisotopic (exact) mass is 208 g/mol. The molecule has 3 heteroatoms. The third-order valence-electron chi connectivity index (χ3n) is 2.43. The van der Waals surface area contributed by atoms with E-state index < -0.39 is 0 Å². The van der Waals surface area contributed by atoms with E-state index in [-0.39, 0.29) is 11.9 Å². The fourth-order valence-corrected chi connectivity index (χ4v) is 1.80. The molecule has 0 aromatic heterocycles. The molecule has 0 fully saturated rings. The van der Waals surface area contributed by atoms with Crippen LogP contribution >= 0.6 is 0 Å². The maximum absolute atomic E-state index is 13.7. The van der Waals surface area contributed by atoms with Crippen LogP contribution in [0.5, 0.6) is 0 Å². The van der Waals surface area contributed by atoms with Crippen molar-refractivity contribution in [3.63, 3.8) is 0 Å². The van der Waals surface area contributed by atoms with Crippen molar-refractivity contribution in [2.45, 2.75) is 26.3 Å². The SMILES string of the molecule is C=CCC(NN)c1c(C)cc(C)cc1F. The Morgan fingerprint density at radius 3 is 2.67 bits per heavy atom. The van der Waals surface area contributed by atoms with Crippen LogP contribution in [0.25, 0.3) is 0 Å². The van der Waals surface area contributed by atoms with Crippen molar-refractivity contribution in [1.29, 1.82) is 0 Å². The summed E-state index contributed by atoms with van der Waals surface area (Å²) in [7, 11) is 0. The maximum Gasteiger partial charge on any atom is 0.128 e. The fourth-order valence-electron chi connectivity index (χ4n) is 1.80. The molecule has 0 heterocycles. The van der Waals surface area contributed by atoms with E-state index >= 15 is 0 Å². The highest BCUT2D eigenvalue weighted by Crippen LogP contribution is 2.24. The van der Waals surface area contributed by atoms with Gasteiger partial charge in [0, 0.05) is 5.56 Å². The van der Waals surface area contributed by atoms with E-state index in [1.807, 2.05) is 19.9 Å². The van der Waals surface area contributed by atoms with Gasteiger partial charge in [-0.1, -0.05) is 12.1 Å². The molecule has 0 aliphatic rings. The Hall–Kier alpha value is -1.19. The van der Waals surface area contributed by atoms with Crippen molar-refractivity contribution in [2.24, 2.45) is 5.84 Å². The van der Waals surface area contributed by atoms with Crippen LogP contribution in [0.1, 0.15) is 29.2 Å². The highest BCUT2D eigenvalue weighted by Gasteiger charge is 2.15. The van der Waals surface area contributed by atoms with Crippen molar-refractivity contribution >= 4 is 0 Å². The smallest absolute Gasteiger partial charge is 0.128 e. The number of rotatable bonds is 4. The predicted molar refractivity (Wildman–Crippen MR) is 60.8 cm³/mol. The minimum absolute atomic E-state index is 0.205. The molecule has 0 amide bonds. The van der Waals surface area contributed by atoms with E-state index in [0.717, 1.165) is 11.1 Å². The van der Waals surface area contributed by atoms with Crippen molar-refractivity contribution in [1.82, 2.24) is 5.43 Å². The van der Waals surface area contributed by atoms with Gasteiger partial charge in [0.25, 0.3) is 0 Å². The van der Waals surface area contributed by atoms with Gasteiger partial charge in [-0.15, -0.1) is 6.58 Å². The summed E-state index contributed by atoms with van der Waals surface area (Å²) in [5, 5.41) is 0. The largest absolute Gasteiger partial charge is 0.271 e. The van der Waals surface area contributed by atoms with Gasteiger partial charge in [-0.25, -0.2) is 4.39 Å². The lowest BCUT2D eigenvalue weighted by atomic mass is 9.97. The van der Waals surface area contributed by atoms with Gasteiger partial charge in [0.2, 0.25) is 0 Å². The topological polar surface area (TPSA) is 38.0 Å². The van der Waals surface area contributed by atoms with Gasteiger partial charge in [-0.2, -0.15) is 0 Å². The zero-order chi connectivity index (χ0) is 11.4. The van der Waals surface area contributed by atoms with Crippen molar-refractivity contribution < 1.29 is 4.39 Å². The van der Waals surface area contributed by atoms with Crippen LogP contribution in [0.15, 0.2) is 24.8 Å². The maximum atomic E-state index is 13.7. The van der Waals surface area contributed by atoms with E-state index in [0.29, 0.717) is 12.0 Å². The van der Waals surface area contributed by atoms with Gasteiger partial charge < -0.3 is 0 Å². The first kappa shape index (κ1) is 11.9. The Morgan fingerprint density at radius 1 is 1.53 bits per heavy atom. The minimum Gasteiger partial charge on any atom is -0.271 e. The lowest BCUT2D eigenvalue weighted by molar-refractivity contribution is 0.513. The average molecular weight is 208 g/mol. The molecular formula is C12H17FN2. The molecule has 1 atom stereocenters. The Balaban J connectivity index is 3.16. The Bertz CT molecular complexity index is 338. The van der Waals surface area contributed by atoms with Gasteiger partial charge in [-0.05, 0) is 37.5 Å². The molecule has 0 radical (unpaired) electrons. The lowest BCUT2D eigenvalue weighted by Crippen LogP contribution is -2.29. The van der Waals surface area contributed by atoms with E-state index in [4.69, 9.17) is 5.84 Å². The first-order chi connectivity index (χ1) is 7.10. The second kappa shape index (κ2) is 5.05. The van der Waals surface area contributed by atoms with Gasteiger partial charge in [0.15, 0.2) is 0 Å². The van der Waals surface area contributed by atoms with Gasteiger partial charge in [-0.3, -0.25) is 11.3 Å². The molecule has 1 aromatic carbocycles. The highest BCUT2D eigenvalue weighted by atomic mass is 19.1. The van der Waals surface area contributed by atoms with Crippen molar-refractivity contribution in [3.05, 3.63) is 47.3 Å². The molecule has 0 spiro atoms. The Kier molecular flexibility index (Phi) is 4.00. The van der Waals surface area contributed by atoms with Gasteiger partial charge in [0.05, 0.1) is 6.04 Å². The summed E-state index contributed by atoms with van der Waals surface area (Å²) in [6, 6.07) is 3.27. The number of halogens is 1.